The van der Waals surface area contributed by atoms with Crippen LogP contribution in [-0.4, -0.2) is 54.1 Å². The van der Waals surface area contributed by atoms with Crippen molar-refractivity contribution in [3.63, 3.8) is 0 Å². The highest BCUT2D eigenvalue weighted by Crippen LogP contribution is 2.60. The lowest BCUT2D eigenvalue weighted by Gasteiger charge is -2.59. The molecule has 294 valence electrons. The van der Waals surface area contributed by atoms with Crippen LogP contribution in [0.4, 0.5) is 0 Å². The maximum atomic E-state index is 12.5. The first-order valence-electron chi connectivity index (χ1n) is 20.6. The van der Waals surface area contributed by atoms with Crippen molar-refractivity contribution in [2.24, 2.45) is 63.6 Å². The Kier molecular flexibility index (Phi) is 12.0. The molecule has 0 aromatic rings. The molecule has 0 spiro atoms. The van der Waals surface area contributed by atoms with Crippen LogP contribution in [0, 0.1) is 63.6 Å². The Morgan fingerprint density at radius 1 is 0.673 bits per heavy atom. The van der Waals surface area contributed by atoms with E-state index in [1.54, 1.807) is 13.8 Å². The third-order valence-electron chi connectivity index (χ3n) is 14.8. The monoisotopic (exact) mass is 728 g/mol. The summed E-state index contributed by atoms with van der Waals surface area (Å²) in [5, 5.41) is 0. The van der Waals surface area contributed by atoms with Crippen molar-refractivity contribution in [3.8, 4) is 0 Å². The fourth-order valence-electron chi connectivity index (χ4n) is 9.97. The van der Waals surface area contributed by atoms with Crippen LogP contribution < -0.4 is 0 Å². The first-order chi connectivity index (χ1) is 24.2. The van der Waals surface area contributed by atoms with Crippen molar-refractivity contribution >= 4 is 29.7 Å². The van der Waals surface area contributed by atoms with E-state index < -0.39 is 22.9 Å². The van der Waals surface area contributed by atoms with E-state index in [0.717, 1.165) is 50.4 Å². The summed E-state index contributed by atoms with van der Waals surface area (Å²) in [6.07, 6.45) is 12.8. The molecule has 0 aromatic heterocycles. The largest absolute Gasteiger partial charge is 0.463 e. The molecule has 1 heterocycles. The SMILES string of the molecule is CCC(C)(C)C(=O)OC1(C)C2CC3CC(C2)CC1C3.CCC(C)(C)C(=O)OC1C2CC3CC(C2)C(=O)C1C3.CCC(C)(C)C(=O)OC1CCOC1=O. The summed E-state index contributed by atoms with van der Waals surface area (Å²) in [5.41, 5.74) is -1.46. The van der Waals surface area contributed by atoms with Crippen LogP contribution in [0.15, 0.2) is 0 Å². The van der Waals surface area contributed by atoms with Gasteiger partial charge in [0.1, 0.15) is 17.5 Å². The average Bonchev–Trinajstić information content (AvgIpc) is 3.50. The van der Waals surface area contributed by atoms with E-state index in [1.807, 2.05) is 41.5 Å². The molecule has 52 heavy (non-hydrogen) atoms. The summed E-state index contributed by atoms with van der Waals surface area (Å²) in [6, 6.07) is 0. The van der Waals surface area contributed by atoms with Crippen LogP contribution in [-0.2, 0) is 42.9 Å². The summed E-state index contributed by atoms with van der Waals surface area (Å²) in [6.45, 7) is 20.0. The summed E-state index contributed by atoms with van der Waals surface area (Å²) >= 11 is 0. The zero-order valence-corrected chi connectivity index (χ0v) is 33.8. The molecule has 1 saturated heterocycles. The average molecular weight is 729 g/mol. The Bertz CT molecular complexity index is 1330. The summed E-state index contributed by atoms with van der Waals surface area (Å²) in [5.74, 6) is 4.04. The van der Waals surface area contributed by atoms with Gasteiger partial charge in [0.25, 0.3) is 0 Å². The van der Waals surface area contributed by atoms with Crippen LogP contribution in [0.3, 0.4) is 0 Å². The molecule has 6 atom stereocenters. The van der Waals surface area contributed by atoms with Gasteiger partial charge in [0.05, 0.1) is 28.8 Å². The van der Waals surface area contributed by atoms with Gasteiger partial charge in [-0.05, 0) is 161 Å². The summed E-state index contributed by atoms with van der Waals surface area (Å²) < 4.78 is 21.7. The number of Topliss-reactive ketones (excluding diaryl/α,β-unsaturated/α-hetero) is 1. The molecule has 8 saturated carbocycles. The zero-order chi connectivity index (χ0) is 38.4. The first-order valence-corrected chi connectivity index (χ1v) is 20.6. The minimum absolute atomic E-state index is 0.00727. The van der Waals surface area contributed by atoms with Gasteiger partial charge in [-0.15, -0.1) is 0 Å². The fourth-order valence-corrected chi connectivity index (χ4v) is 9.97. The van der Waals surface area contributed by atoms with Crippen molar-refractivity contribution in [2.45, 2.75) is 171 Å². The highest BCUT2D eigenvalue weighted by molar-refractivity contribution is 5.87. The first kappa shape index (κ1) is 40.7. The van der Waals surface area contributed by atoms with Gasteiger partial charge >= 0.3 is 23.9 Å². The fraction of sp³-hybridized carbons (Fsp3) is 0.884. The molecule has 0 radical (unpaired) electrons. The van der Waals surface area contributed by atoms with Gasteiger partial charge in [0.15, 0.2) is 0 Å². The van der Waals surface area contributed by atoms with E-state index in [1.165, 1.54) is 32.1 Å². The molecule has 6 unspecified atom stereocenters. The van der Waals surface area contributed by atoms with Gasteiger partial charge < -0.3 is 18.9 Å². The molecule has 9 nitrogen and oxygen atoms in total. The molecule has 1 aliphatic heterocycles. The molecule has 0 amide bonds. The molecule has 0 N–H and O–H groups in total. The van der Waals surface area contributed by atoms with Crippen molar-refractivity contribution in [3.05, 3.63) is 0 Å². The number of cyclic esters (lactones) is 1. The van der Waals surface area contributed by atoms with Crippen molar-refractivity contribution in [1.29, 1.82) is 0 Å². The van der Waals surface area contributed by atoms with E-state index in [0.29, 0.717) is 48.9 Å². The van der Waals surface area contributed by atoms with E-state index >= 15 is 0 Å². The molecule has 9 aliphatic rings. The number of ketones is 1. The molecule has 9 rings (SSSR count). The van der Waals surface area contributed by atoms with Crippen LogP contribution in [0.5, 0.6) is 0 Å². The van der Waals surface area contributed by atoms with Crippen molar-refractivity contribution in [1.82, 2.24) is 0 Å². The van der Waals surface area contributed by atoms with Crippen molar-refractivity contribution < 1.29 is 42.9 Å². The predicted molar refractivity (Wildman–Crippen MR) is 197 cm³/mol. The summed E-state index contributed by atoms with van der Waals surface area (Å²) in [4.78, 5) is 59.6. The second-order valence-corrected chi connectivity index (χ2v) is 19.6. The molecule has 8 bridgehead atoms. The minimum atomic E-state index is -0.687. The van der Waals surface area contributed by atoms with Gasteiger partial charge in [0.2, 0.25) is 6.10 Å². The number of hydrogen-bond donors (Lipinski definition) is 0. The van der Waals surface area contributed by atoms with Gasteiger partial charge in [-0.1, -0.05) is 20.8 Å². The van der Waals surface area contributed by atoms with Crippen molar-refractivity contribution in [2.75, 3.05) is 6.61 Å². The number of carbonyl (C=O) groups is 5. The van der Waals surface area contributed by atoms with Crippen LogP contribution in [0.25, 0.3) is 0 Å². The highest BCUT2D eigenvalue weighted by Gasteiger charge is 2.58. The van der Waals surface area contributed by atoms with Gasteiger partial charge in [-0.3, -0.25) is 19.2 Å². The number of hydrogen-bond acceptors (Lipinski definition) is 9. The lowest BCUT2D eigenvalue weighted by atomic mass is 9.50. The minimum Gasteiger partial charge on any atom is -0.463 e. The Hall–Kier alpha value is -2.45. The Morgan fingerprint density at radius 3 is 1.67 bits per heavy atom. The molecule has 9 fully saturated rings. The number of rotatable bonds is 9. The predicted octanol–water partition coefficient (Wildman–Crippen LogP) is 8.43. The smallest absolute Gasteiger partial charge is 0.347 e. The van der Waals surface area contributed by atoms with Gasteiger partial charge in [-0.2, -0.15) is 0 Å². The van der Waals surface area contributed by atoms with Gasteiger partial charge in [0, 0.05) is 12.3 Å². The third kappa shape index (κ3) is 8.28. The van der Waals surface area contributed by atoms with E-state index in [2.05, 4.69) is 13.8 Å². The van der Waals surface area contributed by atoms with E-state index in [4.69, 9.17) is 18.9 Å². The molecule has 8 aliphatic carbocycles. The molecule has 0 aromatic carbocycles. The maximum absolute atomic E-state index is 12.5. The van der Waals surface area contributed by atoms with E-state index in [-0.39, 0.29) is 46.9 Å². The second-order valence-electron chi connectivity index (χ2n) is 19.6. The lowest BCUT2D eigenvalue weighted by molar-refractivity contribution is -0.211. The molecular formula is C43H68O9. The number of ether oxygens (including phenoxy) is 4. The Morgan fingerprint density at radius 2 is 1.17 bits per heavy atom. The lowest BCUT2D eigenvalue weighted by Crippen LogP contribution is -2.58. The maximum Gasteiger partial charge on any atom is 0.347 e. The topological polar surface area (TPSA) is 122 Å². The quantitative estimate of drug-likeness (QED) is 0.170. The summed E-state index contributed by atoms with van der Waals surface area (Å²) in [7, 11) is 0. The van der Waals surface area contributed by atoms with E-state index in [9.17, 15) is 24.0 Å². The Labute approximate surface area is 312 Å². The Balaban J connectivity index is 0.000000153. The normalized spacial score (nSPS) is 37.0. The highest BCUT2D eigenvalue weighted by atomic mass is 16.6. The number of esters is 4. The zero-order valence-electron chi connectivity index (χ0n) is 33.8. The third-order valence-corrected chi connectivity index (χ3v) is 14.8. The van der Waals surface area contributed by atoms with Crippen LogP contribution >= 0.6 is 0 Å². The molecule has 9 heteroatoms. The second kappa shape index (κ2) is 15.4. The number of carbonyl (C=O) groups excluding carboxylic acids is 5. The van der Waals surface area contributed by atoms with Gasteiger partial charge in [-0.25, -0.2) is 4.79 Å². The van der Waals surface area contributed by atoms with Crippen LogP contribution in [0.2, 0.25) is 0 Å². The molecular weight excluding hydrogens is 660 g/mol. The standard InChI is InChI=1S/C17H28O2.C16H24O3.C10H16O4/c1-5-16(2,3)15(18)19-17(4)13-7-11-6-12(9-13)10-14(17)8-11;1-4-16(2,3)15(18)19-14-11-6-9-5-10(8-11)13(17)12(14)7-9;1-4-10(2,3)9(12)14-7-5-6-13-8(7)11/h11-14H,5-10H2,1-4H3;9-12,14H,4-8H2,1-3H3;7H,4-6H2,1-3H3. The van der Waals surface area contributed by atoms with Crippen LogP contribution in [0.1, 0.15) is 153 Å².